The van der Waals surface area contributed by atoms with Gasteiger partial charge in [-0.15, -0.1) is 11.8 Å². The number of hydrogen-bond acceptors (Lipinski definition) is 2. The highest BCUT2D eigenvalue weighted by atomic mass is 79.9. The third-order valence-electron chi connectivity index (χ3n) is 2.36. The van der Waals surface area contributed by atoms with Crippen molar-refractivity contribution < 1.29 is 4.39 Å². The highest BCUT2D eigenvalue weighted by Crippen LogP contribution is 2.32. The Kier molecular flexibility index (Phi) is 4.54. The Balaban J connectivity index is 2.13. The molecule has 0 radical (unpaired) electrons. The molecular weight excluding hydrogens is 337 g/mol. The van der Waals surface area contributed by atoms with Crippen LogP contribution in [0.3, 0.4) is 0 Å². The summed E-state index contributed by atoms with van der Waals surface area (Å²) in [5.41, 5.74) is 7.36. The van der Waals surface area contributed by atoms with E-state index in [1.165, 1.54) is 23.9 Å². The van der Waals surface area contributed by atoms with E-state index in [2.05, 4.69) is 15.9 Å². The SMILES string of the molecule is Nc1cc(Br)ccc1SCc1cc(F)ccc1Cl. The van der Waals surface area contributed by atoms with E-state index in [9.17, 15) is 4.39 Å². The van der Waals surface area contributed by atoms with Gasteiger partial charge in [-0.05, 0) is 42.0 Å². The second-order valence-corrected chi connectivity index (χ2v) is 6.05. The molecular formula is C13H10BrClFNS. The second-order valence-electron chi connectivity index (χ2n) is 3.71. The third-order valence-corrected chi connectivity index (χ3v) is 4.36. The van der Waals surface area contributed by atoms with Crippen LogP contribution in [0, 0.1) is 5.82 Å². The topological polar surface area (TPSA) is 26.0 Å². The molecule has 2 N–H and O–H groups in total. The number of thioether (sulfide) groups is 1. The van der Waals surface area contributed by atoms with Crippen LogP contribution in [0.25, 0.3) is 0 Å². The predicted octanol–water partition coefficient (Wildman–Crippen LogP) is 5.12. The number of nitrogen functional groups attached to an aromatic ring is 1. The fourth-order valence-corrected chi connectivity index (χ4v) is 3.04. The summed E-state index contributed by atoms with van der Waals surface area (Å²) in [6.45, 7) is 0. The Hall–Kier alpha value is -0.710. The Bertz CT molecular complexity index is 577. The van der Waals surface area contributed by atoms with E-state index in [0.717, 1.165) is 14.9 Å². The molecule has 2 rings (SSSR count). The van der Waals surface area contributed by atoms with Crippen molar-refractivity contribution in [2.45, 2.75) is 10.6 Å². The van der Waals surface area contributed by atoms with Crippen molar-refractivity contribution in [1.82, 2.24) is 0 Å². The number of anilines is 1. The summed E-state index contributed by atoms with van der Waals surface area (Å²) in [6, 6.07) is 10.1. The fourth-order valence-electron chi connectivity index (χ4n) is 1.46. The second kappa shape index (κ2) is 5.95. The van der Waals surface area contributed by atoms with Gasteiger partial charge in [0.25, 0.3) is 0 Å². The Labute approximate surface area is 123 Å². The predicted molar refractivity (Wildman–Crippen MR) is 79.5 cm³/mol. The molecule has 0 aliphatic rings. The monoisotopic (exact) mass is 345 g/mol. The van der Waals surface area contributed by atoms with E-state index in [-0.39, 0.29) is 5.82 Å². The average Bonchev–Trinajstić information content (AvgIpc) is 2.32. The first kappa shape index (κ1) is 13.7. The summed E-state index contributed by atoms with van der Waals surface area (Å²) in [7, 11) is 0. The van der Waals surface area contributed by atoms with Gasteiger partial charge in [0.2, 0.25) is 0 Å². The minimum Gasteiger partial charge on any atom is -0.398 e. The first-order valence-electron chi connectivity index (χ1n) is 5.18. The van der Waals surface area contributed by atoms with Gasteiger partial charge in [0, 0.05) is 25.8 Å². The number of nitrogens with two attached hydrogens (primary N) is 1. The lowest BCUT2D eigenvalue weighted by atomic mass is 10.2. The van der Waals surface area contributed by atoms with Crippen LogP contribution in [-0.2, 0) is 5.75 Å². The van der Waals surface area contributed by atoms with Crippen LogP contribution in [0.5, 0.6) is 0 Å². The van der Waals surface area contributed by atoms with Crippen molar-refractivity contribution in [3.63, 3.8) is 0 Å². The maximum atomic E-state index is 13.1. The number of halogens is 3. The number of hydrogen-bond donors (Lipinski definition) is 1. The first-order valence-corrected chi connectivity index (χ1v) is 7.33. The average molecular weight is 347 g/mol. The fraction of sp³-hybridized carbons (Fsp3) is 0.0769. The summed E-state index contributed by atoms with van der Waals surface area (Å²) < 4.78 is 14.0. The van der Waals surface area contributed by atoms with Gasteiger partial charge in [-0.1, -0.05) is 27.5 Å². The van der Waals surface area contributed by atoms with Gasteiger partial charge in [0.1, 0.15) is 5.82 Å². The van der Waals surface area contributed by atoms with Gasteiger partial charge >= 0.3 is 0 Å². The van der Waals surface area contributed by atoms with Crippen molar-refractivity contribution in [2.24, 2.45) is 0 Å². The summed E-state index contributed by atoms with van der Waals surface area (Å²) in [6.07, 6.45) is 0. The largest absolute Gasteiger partial charge is 0.398 e. The summed E-state index contributed by atoms with van der Waals surface area (Å²) >= 11 is 10.9. The van der Waals surface area contributed by atoms with Gasteiger partial charge in [-0.25, -0.2) is 4.39 Å². The van der Waals surface area contributed by atoms with E-state index in [4.69, 9.17) is 17.3 Å². The molecule has 1 nitrogen and oxygen atoms in total. The van der Waals surface area contributed by atoms with Crippen LogP contribution >= 0.6 is 39.3 Å². The van der Waals surface area contributed by atoms with E-state index in [1.54, 1.807) is 6.07 Å². The Morgan fingerprint density at radius 1 is 1.22 bits per heavy atom. The lowest BCUT2D eigenvalue weighted by molar-refractivity contribution is 0.626. The summed E-state index contributed by atoms with van der Waals surface area (Å²) in [5.74, 6) is 0.307. The molecule has 18 heavy (non-hydrogen) atoms. The molecule has 0 bridgehead atoms. The minimum atomic E-state index is -0.279. The molecule has 0 aliphatic heterocycles. The van der Waals surface area contributed by atoms with Crippen LogP contribution in [0.1, 0.15) is 5.56 Å². The third kappa shape index (κ3) is 3.40. The minimum absolute atomic E-state index is 0.279. The van der Waals surface area contributed by atoms with Gasteiger partial charge < -0.3 is 5.73 Å². The number of rotatable bonds is 3. The molecule has 0 aliphatic carbocycles. The molecule has 0 saturated heterocycles. The van der Waals surface area contributed by atoms with Crippen molar-refractivity contribution >= 4 is 45.0 Å². The molecule has 5 heteroatoms. The molecule has 0 aromatic heterocycles. The molecule has 0 fully saturated rings. The first-order chi connectivity index (χ1) is 8.56. The molecule has 0 heterocycles. The zero-order valence-electron chi connectivity index (χ0n) is 9.29. The van der Waals surface area contributed by atoms with Crippen molar-refractivity contribution in [3.05, 3.63) is 57.3 Å². The standard InChI is InChI=1S/C13H10BrClFNS/c14-9-1-4-13(12(17)6-9)18-7-8-5-10(16)2-3-11(8)15/h1-6H,7,17H2. The van der Waals surface area contributed by atoms with Gasteiger partial charge in [0.15, 0.2) is 0 Å². The number of benzene rings is 2. The molecule has 2 aromatic carbocycles. The molecule has 0 spiro atoms. The lowest BCUT2D eigenvalue weighted by Crippen LogP contribution is -1.90. The highest BCUT2D eigenvalue weighted by molar-refractivity contribution is 9.10. The van der Waals surface area contributed by atoms with E-state index in [0.29, 0.717) is 16.5 Å². The van der Waals surface area contributed by atoms with Crippen LogP contribution in [-0.4, -0.2) is 0 Å². The molecule has 0 saturated carbocycles. The Morgan fingerprint density at radius 2 is 2.00 bits per heavy atom. The van der Waals surface area contributed by atoms with Crippen LogP contribution in [0.15, 0.2) is 45.8 Å². The zero-order chi connectivity index (χ0) is 13.1. The van der Waals surface area contributed by atoms with Crippen LogP contribution in [0.4, 0.5) is 10.1 Å². The molecule has 0 unspecified atom stereocenters. The molecule has 0 atom stereocenters. The van der Waals surface area contributed by atoms with Gasteiger partial charge in [0.05, 0.1) is 0 Å². The van der Waals surface area contributed by atoms with E-state index >= 15 is 0 Å². The normalized spacial score (nSPS) is 10.6. The highest BCUT2D eigenvalue weighted by Gasteiger charge is 2.05. The molecule has 94 valence electrons. The zero-order valence-corrected chi connectivity index (χ0v) is 12.4. The van der Waals surface area contributed by atoms with Crippen LogP contribution in [0.2, 0.25) is 5.02 Å². The maximum Gasteiger partial charge on any atom is 0.123 e. The smallest absolute Gasteiger partial charge is 0.123 e. The quantitative estimate of drug-likeness (QED) is 0.617. The molecule has 0 amide bonds. The maximum absolute atomic E-state index is 13.1. The molecule has 2 aromatic rings. The van der Waals surface area contributed by atoms with Crippen molar-refractivity contribution in [2.75, 3.05) is 5.73 Å². The lowest BCUT2D eigenvalue weighted by Gasteiger charge is -2.07. The van der Waals surface area contributed by atoms with Gasteiger partial charge in [-0.3, -0.25) is 0 Å². The van der Waals surface area contributed by atoms with E-state index < -0.39 is 0 Å². The summed E-state index contributed by atoms with van der Waals surface area (Å²) in [5, 5.41) is 0.569. The van der Waals surface area contributed by atoms with Crippen molar-refractivity contribution in [1.29, 1.82) is 0 Å². The summed E-state index contributed by atoms with van der Waals surface area (Å²) in [4.78, 5) is 0.957. The van der Waals surface area contributed by atoms with E-state index in [1.807, 2.05) is 18.2 Å². The van der Waals surface area contributed by atoms with Gasteiger partial charge in [-0.2, -0.15) is 0 Å². The Morgan fingerprint density at radius 3 is 2.72 bits per heavy atom. The van der Waals surface area contributed by atoms with Crippen molar-refractivity contribution in [3.8, 4) is 0 Å². The van der Waals surface area contributed by atoms with Crippen LogP contribution < -0.4 is 5.73 Å².